The van der Waals surface area contributed by atoms with Crippen LogP contribution in [0.1, 0.15) is 16.7 Å². The van der Waals surface area contributed by atoms with E-state index in [9.17, 15) is 14.4 Å². The van der Waals surface area contributed by atoms with Gasteiger partial charge in [0.15, 0.2) is 18.1 Å². The van der Waals surface area contributed by atoms with Gasteiger partial charge in [0.1, 0.15) is 5.70 Å². The van der Waals surface area contributed by atoms with Crippen LogP contribution in [0.3, 0.4) is 0 Å². The van der Waals surface area contributed by atoms with Crippen LogP contribution in [0.4, 0.5) is 10.5 Å². The van der Waals surface area contributed by atoms with Crippen molar-refractivity contribution in [3.63, 3.8) is 0 Å². The molecular formula is C27H24BrN3O5. The summed E-state index contributed by atoms with van der Waals surface area (Å²) < 4.78 is 11.7. The summed E-state index contributed by atoms with van der Waals surface area (Å²) >= 11 is 3.47. The fourth-order valence-corrected chi connectivity index (χ4v) is 4.10. The maximum atomic E-state index is 12.9. The van der Waals surface area contributed by atoms with E-state index in [0.29, 0.717) is 27.2 Å². The maximum absolute atomic E-state index is 12.9. The number of nitrogens with zero attached hydrogens (tertiary/aromatic N) is 1. The second kappa shape index (κ2) is 11.1. The summed E-state index contributed by atoms with van der Waals surface area (Å²) in [5, 5.41) is 5.38. The largest absolute Gasteiger partial charge is 0.493 e. The predicted molar refractivity (Wildman–Crippen MR) is 139 cm³/mol. The molecule has 4 amide bonds. The zero-order valence-corrected chi connectivity index (χ0v) is 21.3. The zero-order valence-electron chi connectivity index (χ0n) is 19.7. The smallest absolute Gasteiger partial charge is 0.329 e. The lowest BCUT2D eigenvalue weighted by atomic mass is 10.1. The van der Waals surface area contributed by atoms with E-state index in [1.807, 2.05) is 49.4 Å². The lowest BCUT2D eigenvalue weighted by Crippen LogP contribution is -2.30. The summed E-state index contributed by atoms with van der Waals surface area (Å²) in [5.74, 6) is -0.0348. The molecule has 0 unspecified atom stereocenters. The number of urea groups is 1. The van der Waals surface area contributed by atoms with Gasteiger partial charge in [-0.3, -0.25) is 14.5 Å². The van der Waals surface area contributed by atoms with E-state index in [1.54, 1.807) is 30.3 Å². The molecule has 0 spiro atoms. The van der Waals surface area contributed by atoms with Gasteiger partial charge in [-0.05, 0) is 48.4 Å². The number of nitrogens with one attached hydrogen (secondary N) is 2. The predicted octanol–water partition coefficient (Wildman–Crippen LogP) is 4.88. The van der Waals surface area contributed by atoms with Gasteiger partial charge >= 0.3 is 6.03 Å². The summed E-state index contributed by atoms with van der Waals surface area (Å²) in [6.45, 7) is 1.90. The Labute approximate surface area is 217 Å². The zero-order chi connectivity index (χ0) is 25.7. The minimum atomic E-state index is -0.486. The Kier molecular flexibility index (Phi) is 7.70. The molecular weight excluding hydrogens is 526 g/mol. The van der Waals surface area contributed by atoms with Crippen molar-refractivity contribution in [2.24, 2.45) is 0 Å². The minimum absolute atomic E-state index is 0.145. The molecule has 36 heavy (non-hydrogen) atoms. The fourth-order valence-electron chi connectivity index (χ4n) is 3.66. The van der Waals surface area contributed by atoms with Crippen molar-refractivity contribution in [1.29, 1.82) is 0 Å². The number of benzene rings is 3. The molecule has 0 saturated carbocycles. The first-order valence-corrected chi connectivity index (χ1v) is 11.9. The Morgan fingerprint density at radius 2 is 1.83 bits per heavy atom. The summed E-state index contributed by atoms with van der Waals surface area (Å²) in [4.78, 5) is 38.8. The maximum Gasteiger partial charge on any atom is 0.329 e. The van der Waals surface area contributed by atoms with Crippen LogP contribution in [0.15, 0.2) is 76.9 Å². The Hall–Kier alpha value is -4.11. The quantitative estimate of drug-likeness (QED) is 0.308. The fraction of sp³-hybridized carbons (Fsp3) is 0.148. The van der Waals surface area contributed by atoms with Gasteiger partial charge in [0, 0.05) is 10.2 Å². The molecule has 9 heteroatoms. The minimum Gasteiger partial charge on any atom is -0.493 e. The number of amides is 4. The van der Waals surface area contributed by atoms with E-state index in [0.717, 1.165) is 16.0 Å². The van der Waals surface area contributed by atoms with Crippen LogP contribution in [0, 0.1) is 6.92 Å². The molecule has 1 fully saturated rings. The molecule has 1 aliphatic heterocycles. The molecule has 0 bridgehead atoms. The summed E-state index contributed by atoms with van der Waals surface area (Å²) in [6, 6.07) is 19.5. The molecule has 3 aromatic carbocycles. The number of aryl methyl sites for hydroxylation is 1. The second-order valence-electron chi connectivity index (χ2n) is 8.10. The molecule has 0 radical (unpaired) electrons. The molecule has 1 saturated heterocycles. The number of ether oxygens (including phenoxy) is 2. The van der Waals surface area contributed by atoms with E-state index >= 15 is 0 Å². The first-order chi connectivity index (χ1) is 17.3. The highest BCUT2D eigenvalue weighted by atomic mass is 79.9. The van der Waals surface area contributed by atoms with E-state index in [1.165, 1.54) is 7.11 Å². The Morgan fingerprint density at radius 1 is 1.06 bits per heavy atom. The standard InChI is InChI=1S/C27H24BrN3O5/c1-17-7-6-8-18(11-17)15-31-26(33)22(30-27(31)34)12-19-13-23(35-2)24(14-21(19)28)36-16-25(32)29-20-9-4-3-5-10-20/h3-14H,15-16H2,1-2H3,(H,29,32)(H,30,34)/b22-12+. The lowest BCUT2D eigenvalue weighted by Gasteiger charge is -2.13. The van der Waals surface area contributed by atoms with Crippen molar-refractivity contribution in [3.8, 4) is 11.5 Å². The van der Waals surface area contributed by atoms with Gasteiger partial charge in [-0.1, -0.05) is 64.0 Å². The third kappa shape index (κ3) is 5.92. The van der Waals surface area contributed by atoms with E-state index in [-0.39, 0.29) is 24.8 Å². The summed E-state index contributed by atoms with van der Waals surface area (Å²) in [5.41, 5.74) is 3.31. The number of para-hydroxylation sites is 1. The molecule has 0 atom stereocenters. The topological polar surface area (TPSA) is 97.0 Å². The lowest BCUT2D eigenvalue weighted by molar-refractivity contribution is -0.123. The van der Waals surface area contributed by atoms with Gasteiger partial charge in [-0.2, -0.15) is 0 Å². The van der Waals surface area contributed by atoms with E-state index in [4.69, 9.17) is 9.47 Å². The summed E-state index contributed by atoms with van der Waals surface area (Å²) in [7, 11) is 1.48. The molecule has 8 nitrogen and oxygen atoms in total. The Morgan fingerprint density at radius 3 is 2.56 bits per heavy atom. The van der Waals surface area contributed by atoms with Crippen molar-refractivity contribution in [2.75, 3.05) is 19.0 Å². The number of carbonyl (C=O) groups is 3. The second-order valence-corrected chi connectivity index (χ2v) is 8.95. The number of hydrogen-bond donors (Lipinski definition) is 2. The normalized spacial score (nSPS) is 14.1. The van der Waals surface area contributed by atoms with Crippen LogP contribution in [-0.4, -0.2) is 36.5 Å². The average Bonchev–Trinajstić information content (AvgIpc) is 3.12. The van der Waals surface area contributed by atoms with Crippen LogP contribution in [0.5, 0.6) is 11.5 Å². The van der Waals surface area contributed by atoms with Gasteiger partial charge in [0.25, 0.3) is 11.8 Å². The molecule has 184 valence electrons. The number of methoxy groups -OCH3 is 1. The summed E-state index contributed by atoms with van der Waals surface area (Å²) in [6.07, 6.45) is 1.56. The number of rotatable bonds is 8. The van der Waals surface area contributed by atoms with Gasteiger partial charge < -0.3 is 20.1 Å². The highest BCUT2D eigenvalue weighted by Crippen LogP contribution is 2.35. The van der Waals surface area contributed by atoms with E-state index < -0.39 is 11.9 Å². The number of carbonyl (C=O) groups excluding carboxylic acids is 3. The Balaban J connectivity index is 1.47. The van der Waals surface area contributed by atoms with Crippen LogP contribution in [0.2, 0.25) is 0 Å². The van der Waals surface area contributed by atoms with Gasteiger partial charge in [-0.25, -0.2) is 4.79 Å². The van der Waals surface area contributed by atoms with E-state index in [2.05, 4.69) is 26.6 Å². The van der Waals surface area contributed by atoms with Crippen molar-refractivity contribution in [1.82, 2.24) is 10.2 Å². The number of hydrogen-bond acceptors (Lipinski definition) is 5. The third-order valence-electron chi connectivity index (χ3n) is 5.38. The first-order valence-electron chi connectivity index (χ1n) is 11.1. The monoisotopic (exact) mass is 549 g/mol. The molecule has 3 aromatic rings. The van der Waals surface area contributed by atoms with Crippen LogP contribution < -0.4 is 20.1 Å². The third-order valence-corrected chi connectivity index (χ3v) is 6.07. The molecule has 0 aromatic heterocycles. The number of imide groups is 1. The molecule has 0 aliphatic carbocycles. The van der Waals surface area contributed by atoms with Crippen LogP contribution in [0.25, 0.3) is 6.08 Å². The Bertz CT molecular complexity index is 1340. The molecule has 2 N–H and O–H groups in total. The van der Waals surface area contributed by atoms with Crippen LogP contribution in [-0.2, 0) is 16.1 Å². The number of anilines is 1. The van der Waals surface area contributed by atoms with Crippen LogP contribution >= 0.6 is 15.9 Å². The highest BCUT2D eigenvalue weighted by molar-refractivity contribution is 9.10. The van der Waals surface area contributed by atoms with Crippen molar-refractivity contribution in [2.45, 2.75) is 13.5 Å². The first kappa shape index (κ1) is 25.0. The van der Waals surface area contributed by atoms with Gasteiger partial charge in [-0.15, -0.1) is 0 Å². The highest BCUT2D eigenvalue weighted by Gasteiger charge is 2.33. The SMILES string of the molecule is COc1cc(/C=C2/NC(=O)N(Cc3cccc(C)c3)C2=O)c(Br)cc1OCC(=O)Nc1ccccc1. The molecule has 1 heterocycles. The van der Waals surface area contributed by atoms with Crippen molar-refractivity contribution >= 4 is 45.5 Å². The average molecular weight is 550 g/mol. The number of halogens is 1. The van der Waals surface area contributed by atoms with Gasteiger partial charge in [0.05, 0.1) is 13.7 Å². The molecule has 1 aliphatic rings. The van der Waals surface area contributed by atoms with Crippen molar-refractivity contribution < 1.29 is 23.9 Å². The van der Waals surface area contributed by atoms with Crippen molar-refractivity contribution in [3.05, 3.63) is 93.6 Å². The van der Waals surface area contributed by atoms with Gasteiger partial charge in [0.2, 0.25) is 0 Å². The molecule has 4 rings (SSSR count).